The van der Waals surface area contributed by atoms with Gasteiger partial charge in [0.25, 0.3) is 0 Å². The lowest BCUT2D eigenvalue weighted by Gasteiger charge is -2.16. The number of halogens is 2. The van der Waals surface area contributed by atoms with Gasteiger partial charge in [-0.2, -0.15) is 5.10 Å². The molecule has 1 aromatic carbocycles. The molecule has 0 spiro atoms. The van der Waals surface area contributed by atoms with Crippen LogP contribution in [0.5, 0.6) is 17.4 Å². The van der Waals surface area contributed by atoms with Crippen molar-refractivity contribution in [1.29, 1.82) is 0 Å². The number of benzene rings is 1. The third kappa shape index (κ3) is 4.47. The summed E-state index contributed by atoms with van der Waals surface area (Å²) in [7, 11) is 3.03. The van der Waals surface area contributed by atoms with Crippen LogP contribution in [0.2, 0.25) is 10.0 Å². The fraction of sp³-hybridized carbons (Fsp3) is 0.333. The van der Waals surface area contributed by atoms with E-state index in [1.807, 2.05) is 13.8 Å². The summed E-state index contributed by atoms with van der Waals surface area (Å²) in [5.41, 5.74) is 1.45. The van der Waals surface area contributed by atoms with Crippen LogP contribution in [0.3, 0.4) is 0 Å². The molecule has 3 aromatic rings. The van der Waals surface area contributed by atoms with Crippen LogP contribution in [0.15, 0.2) is 12.1 Å². The molecule has 0 aliphatic heterocycles. The third-order valence-corrected chi connectivity index (χ3v) is 5.39. The first-order chi connectivity index (χ1) is 13.7. The van der Waals surface area contributed by atoms with Gasteiger partial charge in [-0.1, -0.05) is 34.5 Å². The van der Waals surface area contributed by atoms with Crippen molar-refractivity contribution in [2.45, 2.75) is 26.9 Å². The largest absolute Gasteiger partial charge is 0.477 e. The molecule has 0 saturated heterocycles. The first kappa shape index (κ1) is 21.4. The van der Waals surface area contributed by atoms with Crippen molar-refractivity contribution in [3.63, 3.8) is 0 Å². The van der Waals surface area contributed by atoms with Gasteiger partial charge in [0.2, 0.25) is 5.88 Å². The Hall–Kier alpha value is -2.36. The van der Waals surface area contributed by atoms with Crippen LogP contribution >= 0.6 is 34.5 Å². The topological polar surface area (TPSA) is 88.4 Å². The number of hydrogen-bond donors (Lipinski definition) is 0. The highest BCUT2D eigenvalue weighted by atomic mass is 35.5. The quantitative estimate of drug-likeness (QED) is 0.500. The molecule has 0 amide bonds. The summed E-state index contributed by atoms with van der Waals surface area (Å²) in [5, 5.41) is 14.7. The number of carbonyl (C=O) groups excluding carboxylic acids is 1. The molecule has 2 heterocycles. The normalized spacial score (nSPS) is 12.0. The molecule has 29 heavy (non-hydrogen) atoms. The molecule has 0 N–H and O–H groups in total. The van der Waals surface area contributed by atoms with E-state index in [0.717, 1.165) is 16.3 Å². The van der Waals surface area contributed by atoms with Crippen molar-refractivity contribution in [1.82, 2.24) is 20.0 Å². The predicted molar refractivity (Wildman–Crippen MR) is 110 cm³/mol. The van der Waals surface area contributed by atoms with Crippen LogP contribution in [0.1, 0.15) is 17.6 Å². The van der Waals surface area contributed by atoms with Crippen molar-refractivity contribution >= 4 is 40.5 Å². The van der Waals surface area contributed by atoms with E-state index in [0.29, 0.717) is 10.9 Å². The fourth-order valence-corrected chi connectivity index (χ4v) is 3.83. The Morgan fingerprint density at radius 2 is 1.86 bits per heavy atom. The van der Waals surface area contributed by atoms with Crippen LogP contribution in [-0.4, -0.2) is 39.2 Å². The minimum atomic E-state index is -0.856. The van der Waals surface area contributed by atoms with Crippen LogP contribution in [0.25, 0.3) is 10.6 Å². The molecule has 3 rings (SSSR count). The molecular weight excluding hydrogens is 439 g/mol. The lowest BCUT2D eigenvalue weighted by molar-refractivity contribution is -0.147. The summed E-state index contributed by atoms with van der Waals surface area (Å²) in [5.74, 6) is 0.425. The molecular formula is C18H18Cl2N4O4S. The standard InChI is InChI=1S/C18H18Cl2N4O4S/c1-8-15(16-22-21-10(3)29-16)17(24(4)23-8)28-14-7-13(11(19)6-12(14)20)27-9(2)18(25)26-5/h6-7,9H,1-5H3/t9-/m0/s1. The molecule has 8 nitrogen and oxygen atoms in total. The van der Waals surface area contributed by atoms with Crippen LogP contribution in [0, 0.1) is 13.8 Å². The van der Waals surface area contributed by atoms with Crippen molar-refractivity contribution < 1.29 is 19.0 Å². The number of rotatable bonds is 6. The zero-order valence-corrected chi connectivity index (χ0v) is 18.6. The van der Waals surface area contributed by atoms with Gasteiger partial charge < -0.3 is 14.2 Å². The predicted octanol–water partition coefficient (Wildman–Crippen LogP) is 4.59. The molecule has 0 radical (unpaired) electrons. The first-order valence-corrected chi connectivity index (χ1v) is 10.0. The molecule has 154 valence electrons. The molecule has 0 aliphatic carbocycles. The van der Waals surface area contributed by atoms with E-state index in [9.17, 15) is 4.79 Å². The second-order valence-corrected chi connectivity index (χ2v) is 8.11. The Kier molecular flexibility index (Phi) is 6.30. The Morgan fingerprint density at radius 1 is 1.17 bits per heavy atom. The lowest BCUT2D eigenvalue weighted by Crippen LogP contribution is -2.25. The SMILES string of the molecule is COC(=O)[C@H](C)Oc1cc(Oc2c(-c3nnc(C)s3)c(C)nn2C)c(Cl)cc1Cl. The number of ether oxygens (including phenoxy) is 3. The highest BCUT2D eigenvalue weighted by Gasteiger charge is 2.23. The second-order valence-electron chi connectivity index (χ2n) is 6.11. The van der Waals surface area contributed by atoms with Crippen molar-refractivity contribution in [3.05, 3.63) is 32.9 Å². The second kappa shape index (κ2) is 8.56. The average molecular weight is 457 g/mol. The molecule has 1 atom stereocenters. The van der Waals surface area contributed by atoms with Crippen LogP contribution in [0.4, 0.5) is 0 Å². The summed E-state index contributed by atoms with van der Waals surface area (Å²) < 4.78 is 17.9. The van der Waals surface area contributed by atoms with Gasteiger partial charge in [0, 0.05) is 13.1 Å². The Labute approximate surface area is 181 Å². The number of esters is 1. The smallest absolute Gasteiger partial charge is 0.346 e. The summed E-state index contributed by atoms with van der Waals surface area (Å²) in [4.78, 5) is 11.7. The van der Waals surface area contributed by atoms with E-state index >= 15 is 0 Å². The van der Waals surface area contributed by atoms with E-state index in [2.05, 4.69) is 20.0 Å². The average Bonchev–Trinajstić information content (AvgIpc) is 3.20. The van der Waals surface area contributed by atoms with Gasteiger partial charge in [-0.05, 0) is 26.8 Å². The molecule has 0 fully saturated rings. The number of methoxy groups -OCH3 is 1. The monoisotopic (exact) mass is 456 g/mol. The Balaban J connectivity index is 1.99. The zero-order chi connectivity index (χ0) is 21.3. The summed E-state index contributed by atoms with van der Waals surface area (Å²) in [6.07, 6.45) is -0.856. The molecule has 0 unspecified atom stereocenters. The molecule has 2 aromatic heterocycles. The third-order valence-electron chi connectivity index (χ3n) is 3.94. The number of hydrogen-bond acceptors (Lipinski definition) is 8. The fourth-order valence-electron chi connectivity index (χ4n) is 2.59. The van der Waals surface area contributed by atoms with Gasteiger partial charge in [-0.25, -0.2) is 9.48 Å². The Bertz CT molecular complexity index is 1070. The number of aryl methyl sites for hydroxylation is 3. The van der Waals surface area contributed by atoms with Gasteiger partial charge >= 0.3 is 5.97 Å². The lowest BCUT2D eigenvalue weighted by atomic mass is 10.2. The number of nitrogens with zero attached hydrogens (tertiary/aromatic N) is 4. The van der Waals surface area contributed by atoms with Gasteiger partial charge in [-0.3, -0.25) is 0 Å². The minimum absolute atomic E-state index is 0.233. The van der Waals surface area contributed by atoms with Crippen molar-refractivity contribution in [2.75, 3.05) is 7.11 Å². The summed E-state index contributed by atoms with van der Waals surface area (Å²) >= 11 is 14.0. The molecule has 11 heteroatoms. The maximum absolute atomic E-state index is 11.7. The number of aromatic nitrogens is 4. The molecule has 0 saturated carbocycles. The van der Waals surface area contributed by atoms with E-state index in [4.69, 9.17) is 32.7 Å². The summed E-state index contributed by atoms with van der Waals surface area (Å²) in [6, 6.07) is 3.00. The number of carbonyl (C=O) groups is 1. The maximum atomic E-state index is 11.7. The van der Waals surface area contributed by atoms with E-state index in [1.165, 1.54) is 30.6 Å². The van der Waals surface area contributed by atoms with Gasteiger partial charge in [0.1, 0.15) is 10.8 Å². The van der Waals surface area contributed by atoms with Gasteiger partial charge in [0.05, 0.1) is 28.4 Å². The molecule has 0 bridgehead atoms. The van der Waals surface area contributed by atoms with Gasteiger partial charge in [-0.15, -0.1) is 10.2 Å². The Morgan fingerprint density at radius 3 is 2.48 bits per heavy atom. The highest BCUT2D eigenvalue weighted by molar-refractivity contribution is 7.14. The zero-order valence-electron chi connectivity index (χ0n) is 16.3. The van der Waals surface area contributed by atoms with Gasteiger partial charge in [0.15, 0.2) is 16.9 Å². The van der Waals surface area contributed by atoms with E-state index in [-0.39, 0.29) is 21.5 Å². The summed E-state index contributed by atoms with van der Waals surface area (Å²) in [6.45, 7) is 5.28. The molecule has 0 aliphatic rings. The van der Waals surface area contributed by atoms with E-state index in [1.54, 1.807) is 18.7 Å². The van der Waals surface area contributed by atoms with Crippen molar-refractivity contribution in [2.24, 2.45) is 7.05 Å². The van der Waals surface area contributed by atoms with Crippen LogP contribution in [-0.2, 0) is 16.6 Å². The maximum Gasteiger partial charge on any atom is 0.346 e. The highest BCUT2D eigenvalue weighted by Crippen LogP contribution is 2.42. The van der Waals surface area contributed by atoms with Crippen molar-refractivity contribution in [3.8, 4) is 28.0 Å². The van der Waals surface area contributed by atoms with Crippen LogP contribution < -0.4 is 9.47 Å². The minimum Gasteiger partial charge on any atom is -0.477 e. The first-order valence-electron chi connectivity index (χ1n) is 8.46. The van der Waals surface area contributed by atoms with E-state index < -0.39 is 12.1 Å².